The topological polar surface area (TPSA) is 66.8 Å². The molecule has 0 atom stereocenters. The largest absolute Gasteiger partial charge is 0.505 e. The lowest BCUT2D eigenvalue weighted by Crippen LogP contribution is -2.28. The van der Waals surface area contributed by atoms with E-state index in [0.717, 1.165) is 18.9 Å². The summed E-state index contributed by atoms with van der Waals surface area (Å²) in [7, 11) is 1.26. The molecule has 1 saturated carbocycles. The standard InChI is InChI=1S/C11H13NO4/c1-6-10(14)8(5-9(13)16-2)12(11(6)15)7-3-4-7/h5,7,14H,3-4H2,1-2H3/b8-5-. The van der Waals surface area contributed by atoms with Gasteiger partial charge in [0.2, 0.25) is 0 Å². The average molecular weight is 223 g/mol. The first-order chi connectivity index (χ1) is 7.56. The molecule has 0 bridgehead atoms. The first-order valence-corrected chi connectivity index (χ1v) is 5.09. The molecule has 1 N–H and O–H groups in total. The van der Waals surface area contributed by atoms with E-state index >= 15 is 0 Å². The van der Waals surface area contributed by atoms with Gasteiger partial charge in [-0.15, -0.1) is 0 Å². The number of carbonyl (C=O) groups is 2. The van der Waals surface area contributed by atoms with Crippen LogP contribution >= 0.6 is 0 Å². The van der Waals surface area contributed by atoms with Crippen LogP contribution in [0.15, 0.2) is 23.1 Å². The van der Waals surface area contributed by atoms with Crippen molar-refractivity contribution in [2.45, 2.75) is 25.8 Å². The van der Waals surface area contributed by atoms with Crippen molar-refractivity contribution in [1.29, 1.82) is 0 Å². The molecule has 1 heterocycles. The van der Waals surface area contributed by atoms with Crippen molar-refractivity contribution in [3.63, 3.8) is 0 Å². The van der Waals surface area contributed by atoms with E-state index in [2.05, 4.69) is 4.74 Å². The number of aliphatic hydroxyl groups excluding tert-OH is 1. The summed E-state index contributed by atoms with van der Waals surface area (Å²) < 4.78 is 4.49. The number of hydrogen-bond acceptors (Lipinski definition) is 4. The van der Waals surface area contributed by atoms with Crippen LogP contribution in [0, 0.1) is 0 Å². The lowest BCUT2D eigenvalue weighted by Gasteiger charge is -2.17. The fourth-order valence-electron chi connectivity index (χ4n) is 1.70. The number of amides is 1. The maximum absolute atomic E-state index is 11.8. The predicted molar refractivity (Wildman–Crippen MR) is 55.3 cm³/mol. The molecule has 86 valence electrons. The summed E-state index contributed by atoms with van der Waals surface area (Å²) in [6.07, 6.45) is 2.97. The van der Waals surface area contributed by atoms with Gasteiger partial charge in [-0.2, -0.15) is 0 Å². The van der Waals surface area contributed by atoms with E-state index in [1.54, 1.807) is 6.92 Å². The van der Waals surface area contributed by atoms with E-state index in [1.165, 1.54) is 12.0 Å². The third-order valence-corrected chi connectivity index (χ3v) is 2.76. The quantitative estimate of drug-likeness (QED) is 0.557. The van der Waals surface area contributed by atoms with E-state index < -0.39 is 5.97 Å². The van der Waals surface area contributed by atoms with Crippen LogP contribution in [0.5, 0.6) is 0 Å². The van der Waals surface area contributed by atoms with Crippen molar-refractivity contribution in [2.24, 2.45) is 0 Å². The first kappa shape index (κ1) is 10.7. The van der Waals surface area contributed by atoms with Gasteiger partial charge in [0, 0.05) is 6.04 Å². The molecule has 1 amide bonds. The fourth-order valence-corrected chi connectivity index (χ4v) is 1.70. The van der Waals surface area contributed by atoms with Crippen LogP contribution in [0.25, 0.3) is 0 Å². The Kier molecular flexibility index (Phi) is 2.46. The minimum Gasteiger partial charge on any atom is -0.505 e. The van der Waals surface area contributed by atoms with Gasteiger partial charge in [0.25, 0.3) is 5.91 Å². The smallest absolute Gasteiger partial charge is 0.332 e. The zero-order valence-electron chi connectivity index (χ0n) is 9.19. The summed E-state index contributed by atoms with van der Waals surface area (Å²) >= 11 is 0. The molecule has 16 heavy (non-hydrogen) atoms. The van der Waals surface area contributed by atoms with Crippen LogP contribution in [0.3, 0.4) is 0 Å². The normalized spacial score (nSPS) is 23.2. The third-order valence-electron chi connectivity index (χ3n) is 2.76. The van der Waals surface area contributed by atoms with Gasteiger partial charge in [0.15, 0.2) is 0 Å². The van der Waals surface area contributed by atoms with Crippen molar-refractivity contribution in [3.8, 4) is 0 Å². The predicted octanol–water partition coefficient (Wildman–Crippen LogP) is 0.880. The monoisotopic (exact) mass is 223 g/mol. The summed E-state index contributed by atoms with van der Waals surface area (Å²) in [6, 6.07) is 0.114. The van der Waals surface area contributed by atoms with Gasteiger partial charge in [-0.25, -0.2) is 4.79 Å². The molecule has 0 radical (unpaired) electrons. The highest BCUT2D eigenvalue weighted by atomic mass is 16.5. The zero-order valence-corrected chi connectivity index (χ0v) is 9.19. The fraction of sp³-hybridized carbons (Fsp3) is 0.455. The molecule has 0 aromatic carbocycles. The van der Waals surface area contributed by atoms with Gasteiger partial charge in [-0.3, -0.25) is 4.79 Å². The number of ether oxygens (including phenoxy) is 1. The molecule has 0 aromatic heterocycles. The molecule has 1 aliphatic carbocycles. The molecule has 1 aliphatic heterocycles. The summed E-state index contributed by atoms with van der Waals surface area (Å²) in [5.74, 6) is -0.924. The first-order valence-electron chi connectivity index (χ1n) is 5.09. The Balaban J connectivity index is 2.36. The zero-order chi connectivity index (χ0) is 11.9. The summed E-state index contributed by atoms with van der Waals surface area (Å²) in [4.78, 5) is 24.4. The maximum Gasteiger partial charge on any atom is 0.332 e. The molecule has 5 nitrogen and oxygen atoms in total. The Labute approximate surface area is 93.0 Å². The van der Waals surface area contributed by atoms with Crippen molar-refractivity contribution in [3.05, 3.63) is 23.1 Å². The Morgan fingerprint density at radius 3 is 2.69 bits per heavy atom. The van der Waals surface area contributed by atoms with Crippen LogP contribution in [0.1, 0.15) is 19.8 Å². The second-order valence-electron chi connectivity index (χ2n) is 3.93. The summed E-state index contributed by atoms with van der Waals surface area (Å²) in [5.41, 5.74) is 0.541. The lowest BCUT2D eigenvalue weighted by atomic mass is 10.2. The second-order valence-corrected chi connectivity index (χ2v) is 3.93. The minimum atomic E-state index is -0.574. The van der Waals surface area contributed by atoms with E-state index in [-0.39, 0.29) is 29.0 Å². The van der Waals surface area contributed by atoms with Crippen LogP contribution < -0.4 is 0 Å². The van der Waals surface area contributed by atoms with Crippen LogP contribution in [0.2, 0.25) is 0 Å². The molecule has 0 spiro atoms. The van der Waals surface area contributed by atoms with Crippen molar-refractivity contribution >= 4 is 11.9 Å². The van der Waals surface area contributed by atoms with Gasteiger partial charge in [0.1, 0.15) is 5.76 Å². The van der Waals surface area contributed by atoms with E-state index in [1.807, 2.05) is 0 Å². The second kappa shape index (κ2) is 3.66. The summed E-state index contributed by atoms with van der Waals surface area (Å²) in [6.45, 7) is 1.55. The Hall–Kier alpha value is -1.78. The Bertz CT molecular complexity index is 418. The third kappa shape index (κ3) is 1.58. The number of carbonyl (C=O) groups excluding carboxylic acids is 2. The number of hydrogen-bond donors (Lipinski definition) is 1. The van der Waals surface area contributed by atoms with Crippen molar-refractivity contribution in [2.75, 3.05) is 7.11 Å². The number of nitrogens with zero attached hydrogens (tertiary/aromatic N) is 1. The average Bonchev–Trinajstić information content (AvgIpc) is 3.06. The lowest BCUT2D eigenvalue weighted by molar-refractivity contribution is -0.135. The van der Waals surface area contributed by atoms with E-state index in [9.17, 15) is 14.7 Å². The number of esters is 1. The van der Waals surface area contributed by atoms with Crippen LogP contribution in [0.4, 0.5) is 0 Å². The molecule has 0 saturated heterocycles. The van der Waals surface area contributed by atoms with E-state index in [0.29, 0.717) is 0 Å². The van der Waals surface area contributed by atoms with Gasteiger partial charge in [-0.1, -0.05) is 0 Å². The Morgan fingerprint density at radius 2 is 2.19 bits per heavy atom. The molecule has 0 unspecified atom stereocenters. The Morgan fingerprint density at radius 1 is 1.56 bits per heavy atom. The van der Waals surface area contributed by atoms with Gasteiger partial charge >= 0.3 is 5.97 Å². The number of methoxy groups -OCH3 is 1. The van der Waals surface area contributed by atoms with E-state index in [4.69, 9.17) is 0 Å². The molecule has 2 aliphatic rings. The van der Waals surface area contributed by atoms with Crippen molar-refractivity contribution in [1.82, 2.24) is 4.90 Å². The molecule has 0 aromatic rings. The highest BCUT2D eigenvalue weighted by molar-refractivity contribution is 6.01. The molecular formula is C11H13NO4. The highest BCUT2D eigenvalue weighted by Crippen LogP contribution is 2.38. The molecule has 1 fully saturated rings. The highest BCUT2D eigenvalue weighted by Gasteiger charge is 2.42. The minimum absolute atomic E-state index is 0.114. The molecular weight excluding hydrogens is 210 g/mol. The van der Waals surface area contributed by atoms with Crippen molar-refractivity contribution < 1.29 is 19.4 Å². The van der Waals surface area contributed by atoms with Gasteiger partial charge in [0.05, 0.1) is 24.5 Å². The van der Waals surface area contributed by atoms with Crippen LogP contribution in [-0.2, 0) is 14.3 Å². The van der Waals surface area contributed by atoms with Crippen LogP contribution in [-0.4, -0.2) is 35.0 Å². The number of rotatable bonds is 2. The SMILES string of the molecule is COC(=O)/C=C1/C(O)=C(C)C(=O)N1C1CC1. The molecule has 2 rings (SSSR count). The number of aliphatic hydroxyl groups is 1. The summed E-state index contributed by atoms with van der Waals surface area (Å²) in [5, 5.41) is 9.76. The maximum atomic E-state index is 11.8. The van der Waals surface area contributed by atoms with Gasteiger partial charge in [-0.05, 0) is 19.8 Å². The molecule has 5 heteroatoms. The van der Waals surface area contributed by atoms with Gasteiger partial charge < -0.3 is 14.7 Å².